The van der Waals surface area contributed by atoms with E-state index in [2.05, 4.69) is 34.4 Å². The van der Waals surface area contributed by atoms with E-state index in [0.29, 0.717) is 5.95 Å². The van der Waals surface area contributed by atoms with Crippen LogP contribution in [0.2, 0.25) is 0 Å². The van der Waals surface area contributed by atoms with Crippen LogP contribution in [-0.4, -0.2) is 29.1 Å². The van der Waals surface area contributed by atoms with Gasteiger partial charge < -0.3 is 10.6 Å². The Balaban J connectivity index is 2.50. The van der Waals surface area contributed by atoms with Crippen LogP contribution in [0.3, 0.4) is 0 Å². The summed E-state index contributed by atoms with van der Waals surface area (Å²) in [6.07, 6.45) is 3.61. The first-order valence-corrected chi connectivity index (χ1v) is 4.75. The van der Waals surface area contributed by atoms with Crippen LogP contribution in [0, 0.1) is 6.92 Å². The van der Waals surface area contributed by atoms with Gasteiger partial charge in [-0.3, -0.25) is 0 Å². The van der Waals surface area contributed by atoms with Crippen molar-refractivity contribution in [1.82, 2.24) is 15.3 Å². The summed E-state index contributed by atoms with van der Waals surface area (Å²) >= 11 is 0. The second-order valence-corrected chi connectivity index (χ2v) is 4.07. The van der Waals surface area contributed by atoms with Crippen molar-refractivity contribution in [3.8, 4) is 0 Å². The van der Waals surface area contributed by atoms with Gasteiger partial charge >= 0.3 is 0 Å². The minimum absolute atomic E-state index is 0.0498. The van der Waals surface area contributed by atoms with E-state index in [0.717, 1.165) is 12.1 Å². The van der Waals surface area contributed by atoms with E-state index < -0.39 is 0 Å². The number of hydrogen-bond acceptors (Lipinski definition) is 4. The second-order valence-electron chi connectivity index (χ2n) is 4.07. The maximum atomic E-state index is 4.17. The van der Waals surface area contributed by atoms with Gasteiger partial charge in [0.05, 0.1) is 0 Å². The summed E-state index contributed by atoms with van der Waals surface area (Å²) in [6, 6.07) is 0. The predicted molar refractivity (Wildman–Crippen MR) is 58.4 cm³/mol. The number of anilines is 1. The number of likely N-dealkylation sites (N-methyl/N-ethyl adjacent to an activating group) is 1. The summed E-state index contributed by atoms with van der Waals surface area (Å²) < 4.78 is 0. The zero-order chi connectivity index (χ0) is 10.6. The highest BCUT2D eigenvalue weighted by atomic mass is 15.1. The fraction of sp³-hybridized carbons (Fsp3) is 0.600. The minimum Gasteiger partial charge on any atom is -0.352 e. The molecule has 1 aromatic heterocycles. The summed E-state index contributed by atoms with van der Waals surface area (Å²) in [4.78, 5) is 8.33. The molecule has 4 nitrogen and oxygen atoms in total. The Morgan fingerprint density at radius 2 is 1.86 bits per heavy atom. The maximum Gasteiger partial charge on any atom is 0.222 e. The maximum absolute atomic E-state index is 4.17. The highest BCUT2D eigenvalue weighted by Crippen LogP contribution is 2.03. The fourth-order valence-electron chi connectivity index (χ4n) is 0.872. The molecule has 0 aromatic carbocycles. The van der Waals surface area contributed by atoms with Crippen molar-refractivity contribution >= 4 is 5.95 Å². The van der Waals surface area contributed by atoms with Crippen molar-refractivity contribution in [2.45, 2.75) is 26.3 Å². The zero-order valence-corrected chi connectivity index (χ0v) is 9.26. The molecule has 0 saturated carbocycles. The summed E-state index contributed by atoms with van der Waals surface area (Å²) in [5, 5.41) is 6.38. The summed E-state index contributed by atoms with van der Waals surface area (Å²) in [7, 11) is 1.94. The Labute approximate surface area is 85.2 Å². The molecule has 0 fully saturated rings. The van der Waals surface area contributed by atoms with Crippen LogP contribution in [0.15, 0.2) is 12.4 Å². The lowest BCUT2D eigenvalue weighted by molar-refractivity contribution is 0.447. The van der Waals surface area contributed by atoms with Gasteiger partial charge in [0.2, 0.25) is 5.95 Å². The first-order chi connectivity index (χ1) is 6.53. The van der Waals surface area contributed by atoms with Crippen molar-refractivity contribution in [3.05, 3.63) is 18.0 Å². The van der Waals surface area contributed by atoms with Gasteiger partial charge in [-0.25, -0.2) is 9.97 Å². The number of nitrogens with zero attached hydrogens (tertiary/aromatic N) is 2. The van der Waals surface area contributed by atoms with Crippen molar-refractivity contribution < 1.29 is 0 Å². The number of nitrogens with one attached hydrogen (secondary N) is 2. The lowest BCUT2D eigenvalue weighted by Gasteiger charge is -2.24. The van der Waals surface area contributed by atoms with Crippen LogP contribution >= 0.6 is 0 Å². The molecule has 0 amide bonds. The number of hydrogen-bond donors (Lipinski definition) is 2. The highest BCUT2D eigenvalue weighted by Gasteiger charge is 2.14. The van der Waals surface area contributed by atoms with Crippen LogP contribution in [0.1, 0.15) is 19.4 Å². The van der Waals surface area contributed by atoms with Crippen LogP contribution in [0.25, 0.3) is 0 Å². The minimum atomic E-state index is 0.0498. The van der Waals surface area contributed by atoms with Gasteiger partial charge in [-0.2, -0.15) is 0 Å². The Kier molecular flexibility index (Phi) is 3.41. The molecule has 0 unspecified atom stereocenters. The van der Waals surface area contributed by atoms with Crippen LogP contribution < -0.4 is 10.6 Å². The van der Waals surface area contributed by atoms with Gasteiger partial charge in [0.1, 0.15) is 0 Å². The van der Waals surface area contributed by atoms with E-state index in [-0.39, 0.29) is 5.54 Å². The molecule has 0 bridgehead atoms. The molecule has 14 heavy (non-hydrogen) atoms. The molecule has 1 aromatic rings. The van der Waals surface area contributed by atoms with Crippen molar-refractivity contribution in [2.24, 2.45) is 0 Å². The van der Waals surface area contributed by atoms with Gasteiger partial charge in [-0.15, -0.1) is 0 Å². The molecule has 0 saturated heterocycles. The molecule has 0 aliphatic heterocycles. The smallest absolute Gasteiger partial charge is 0.222 e. The third kappa shape index (κ3) is 3.30. The van der Waals surface area contributed by atoms with Gasteiger partial charge in [0.15, 0.2) is 0 Å². The zero-order valence-electron chi connectivity index (χ0n) is 9.26. The highest BCUT2D eigenvalue weighted by molar-refractivity contribution is 5.25. The van der Waals surface area contributed by atoms with E-state index in [1.54, 1.807) is 0 Å². The topological polar surface area (TPSA) is 49.8 Å². The molecule has 0 radical (unpaired) electrons. The molecule has 0 atom stereocenters. The standard InChI is InChI=1S/C10H18N4/c1-8-5-12-9(13-6-8)14-7-10(2,3)11-4/h5-6,11H,7H2,1-4H3,(H,12,13,14). The normalized spacial score (nSPS) is 11.4. The number of rotatable bonds is 4. The van der Waals surface area contributed by atoms with Gasteiger partial charge in [-0.05, 0) is 33.4 Å². The molecule has 1 rings (SSSR count). The van der Waals surface area contributed by atoms with E-state index in [9.17, 15) is 0 Å². The average Bonchev–Trinajstić information content (AvgIpc) is 2.17. The van der Waals surface area contributed by atoms with Crippen molar-refractivity contribution in [1.29, 1.82) is 0 Å². The third-order valence-electron chi connectivity index (χ3n) is 2.15. The van der Waals surface area contributed by atoms with E-state index >= 15 is 0 Å². The molecule has 0 aliphatic carbocycles. The monoisotopic (exact) mass is 194 g/mol. The molecule has 0 aliphatic rings. The molecule has 78 valence electrons. The first-order valence-electron chi connectivity index (χ1n) is 4.75. The Morgan fingerprint density at radius 1 is 1.29 bits per heavy atom. The quantitative estimate of drug-likeness (QED) is 0.756. The number of aryl methyl sites for hydroxylation is 1. The van der Waals surface area contributed by atoms with Crippen molar-refractivity contribution in [2.75, 3.05) is 18.9 Å². The van der Waals surface area contributed by atoms with E-state index in [1.165, 1.54) is 0 Å². The molecular formula is C10H18N4. The van der Waals surface area contributed by atoms with Crippen LogP contribution in [0.4, 0.5) is 5.95 Å². The SMILES string of the molecule is CNC(C)(C)CNc1ncc(C)cn1. The summed E-state index contributed by atoms with van der Waals surface area (Å²) in [5.41, 5.74) is 1.12. The van der Waals surface area contributed by atoms with Crippen LogP contribution in [-0.2, 0) is 0 Å². The van der Waals surface area contributed by atoms with E-state index in [4.69, 9.17) is 0 Å². The lowest BCUT2D eigenvalue weighted by Crippen LogP contribution is -2.43. The second kappa shape index (κ2) is 4.37. The summed E-state index contributed by atoms with van der Waals surface area (Å²) in [6.45, 7) is 7.01. The molecule has 2 N–H and O–H groups in total. The van der Waals surface area contributed by atoms with Crippen LogP contribution in [0.5, 0.6) is 0 Å². The summed E-state index contributed by atoms with van der Waals surface area (Å²) in [5.74, 6) is 0.680. The molecular weight excluding hydrogens is 176 g/mol. The largest absolute Gasteiger partial charge is 0.352 e. The Bertz CT molecular complexity index is 279. The number of aromatic nitrogens is 2. The van der Waals surface area contributed by atoms with Gasteiger partial charge in [-0.1, -0.05) is 0 Å². The van der Waals surface area contributed by atoms with Gasteiger partial charge in [0.25, 0.3) is 0 Å². The molecule has 1 heterocycles. The molecule has 4 heteroatoms. The predicted octanol–water partition coefficient (Wildman–Crippen LogP) is 1.19. The Hall–Kier alpha value is -1.16. The van der Waals surface area contributed by atoms with E-state index in [1.807, 2.05) is 26.4 Å². The fourth-order valence-corrected chi connectivity index (χ4v) is 0.872. The first kappa shape index (κ1) is 10.9. The molecule has 0 spiro atoms. The van der Waals surface area contributed by atoms with Crippen molar-refractivity contribution in [3.63, 3.8) is 0 Å². The average molecular weight is 194 g/mol. The van der Waals surface area contributed by atoms with Gasteiger partial charge in [0, 0.05) is 24.5 Å². The Morgan fingerprint density at radius 3 is 2.36 bits per heavy atom. The third-order valence-corrected chi connectivity index (χ3v) is 2.15. The lowest BCUT2D eigenvalue weighted by atomic mass is 10.1.